The Morgan fingerprint density at radius 1 is 1.44 bits per heavy atom. The molecule has 0 spiro atoms. The first kappa shape index (κ1) is 13.9. The zero-order chi connectivity index (χ0) is 13.4. The summed E-state index contributed by atoms with van der Waals surface area (Å²) in [4.78, 5) is 20.0. The number of hydrogen-bond donors (Lipinski definition) is 1. The quantitative estimate of drug-likeness (QED) is 0.789. The normalized spacial score (nSPS) is 34.2. The smallest absolute Gasteiger partial charge is 0.198 e. The van der Waals surface area contributed by atoms with Crippen LogP contribution in [0.25, 0.3) is 0 Å². The molecule has 2 rings (SSSR count). The lowest BCUT2D eigenvalue weighted by molar-refractivity contribution is -0.129. The first-order chi connectivity index (χ1) is 8.42. The Labute approximate surface area is 116 Å². The number of nitrogens with zero attached hydrogens (tertiary/aromatic N) is 2. The fourth-order valence-corrected chi connectivity index (χ4v) is 2.80. The Kier molecular flexibility index (Phi) is 3.78. The van der Waals surface area contributed by atoms with Gasteiger partial charge in [-0.2, -0.15) is 0 Å². The van der Waals surface area contributed by atoms with Crippen LogP contribution in [-0.2, 0) is 9.53 Å². The summed E-state index contributed by atoms with van der Waals surface area (Å²) in [7, 11) is 0. The number of alkyl halides is 2. The number of rotatable bonds is 3. The fourth-order valence-electron chi connectivity index (χ4n) is 2.47. The van der Waals surface area contributed by atoms with E-state index in [1.165, 1.54) is 6.21 Å². The Hall–Kier alpha value is -0.490. The molecule has 2 unspecified atom stereocenters. The van der Waals surface area contributed by atoms with Gasteiger partial charge < -0.3 is 4.74 Å². The summed E-state index contributed by atoms with van der Waals surface area (Å²) in [6.07, 6.45) is 2.65. The molecule has 100 valence electrons. The Morgan fingerprint density at radius 2 is 2.11 bits per heavy atom. The third kappa shape index (κ3) is 1.99. The zero-order valence-corrected chi connectivity index (χ0v) is 11.7. The molecule has 7 heteroatoms. The first-order valence-corrected chi connectivity index (χ1v) is 6.53. The molecule has 0 aliphatic carbocycles. The number of halogens is 2. The minimum Gasteiger partial charge on any atom is -0.359 e. The fraction of sp³-hybridized carbons (Fsp3) is 0.727. The van der Waals surface area contributed by atoms with E-state index in [0.717, 1.165) is 0 Å². The van der Waals surface area contributed by atoms with Crippen LogP contribution in [0.15, 0.2) is 9.98 Å². The van der Waals surface area contributed by atoms with E-state index in [4.69, 9.17) is 27.9 Å². The van der Waals surface area contributed by atoms with Gasteiger partial charge in [-0.3, -0.25) is 20.1 Å². The Balaban J connectivity index is 2.48. The molecule has 2 heterocycles. The van der Waals surface area contributed by atoms with E-state index in [0.29, 0.717) is 13.3 Å². The lowest BCUT2D eigenvalue weighted by Crippen LogP contribution is -2.64. The van der Waals surface area contributed by atoms with Gasteiger partial charge in [0, 0.05) is 19.0 Å². The molecular formula is C11H15Cl2N3O2. The highest BCUT2D eigenvalue weighted by atomic mass is 35.5. The van der Waals surface area contributed by atoms with Gasteiger partial charge in [0.25, 0.3) is 0 Å². The number of Topliss-reactive ketones (excluding diaryl/α,β-unsaturated/α-hetero) is 1. The van der Waals surface area contributed by atoms with Gasteiger partial charge in [0.1, 0.15) is 6.10 Å². The maximum atomic E-state index is 12.5. The first-order valence-electron chi connectivity index (χ1n) is 5.65. The number of carbonyl (C=O) groups is 1. The second-order valence-corrected chi connectivity index (χ2v) is 5.90. The number of ether oxygens (including phenoxy) is 1. The van der Waals surface area contributed by atoms with Crippen LogP contribution in [0.5, 0.6) is 0 Å². The highest BCUT2D eigenvalue weighted by Gasteiger charge is 2.59. The molecular weight excluding hydrogens is 277 g/mol. The molecule has 0 aromatic carbocycles. The SMILES string of the molecule is CC1(C)N=CC=NC1(C(=O)C(Cl)Cl)C1CNCO1. The molecule has 1 N–H and O–H groups in total. The van der Waals surface area contributed by atoms with Crippen molar-refractivity contribution in [3.05, 3.63) is 0 Å². The van der Waals surface area contributed by atoms with E-state index >= 15 is 0 Å². The predicted octanol–water partition coefficient (Wildman–Crippen LogP) is 0.978. The summed E-state index contributed by atoms with van der Waals surface area (Å²) in [6.45, 7) is 4.55. The molecule has 1 fully saturated rings. The van der Waals surface area contributed by atoms with Crippen molar-refractivity contribution in [3.8, 4) is 0 Å². The van der Waals surface area contributed by atoms with Gasteiger partial charge in [0.2, 0.25) is 0 Å². The minimum absolute atomic E-state index is 0.377. The van der Waals surface area contributed by atoms with Gasteiger partial charge in [-0.25, -0.2) is 0 Å². The van der Waals surface area contributed by atoms with Crippen molar-refractivity contribution < 1.29 is 9.53 Å². The van der Waals surface area contributed by atoms with Gasteiger partial charge >= 0.3 is 0 Å². The van der Waals surface area contributed by atoms with Crippen molar-refractivity contribution >= 4 is 41.4 Å². The maximum Gasteiger partial charge on any atom is 0.198 e. The van der Waals surface area contributed by atoms with Crippen molar-refractivity contribution in [2.45, 2.75) is 35.9 Å². The largest absolute Gasteiger partial charge is 0.359 e. The maximum absolute atomic E-state index is 12.5. The zero-order valence-electron chi connectivity index (χ0n) is 10.2. The molecule has 2 aliphatic heterocycles. The summed E-state index contributed by atoms with van der Waals surface area (Å²) < 4.78 is 5.57. The van der Waals surface area contributed by atoms with E-state index in [1.807, 2.05) is 13.8 Å². The molecule has 0 amide bonds. The van der Waals surface area contributed by atoms with Gasteiger partial charge in [0.15, 0.2) is 16.2 Å². The topological polar surface area (TPSA) is 63.0 Å². The highest BCUT2D eigenvalue weighted by Crippen LogP contribution is 2.39. The molecule has 1 saturated heterocycles. The summed E-state index contributed by atoms with van der Waals surface area (Å²) in [5, 5.41) is 3.04. The molecule has 0 saturated carbocycles. The lowest BCUT2D eigenvalue weighted by atomic mass is 9.72. The van der Waals surface area contributed by atoms with E-state index in [-0.39, 0.29) is 5.78 Å². The van der Waals surface area contributed by atoms with Crippen molar-refractivity contribution in [1.82, 2.24) is 5.32 Å². The molecule has 18 heavy (non-hydrogen) atoms. The molecule has 0 aromatic rings. The van der Waals surface area contributed by atoms with E-state index in [9.17, 15) is 4.79 Å². The van der Waals surface area contributed by atoms with Gasteiger partial charge in [-0.15, -0.1) is 0 Å². The van der Waals surface area contributed by atoms with Crippen LogP contribution in [0.3, 0.4) is 0 Å². The van der Waals surface area contributed by atoms with Crippen LogP contribution in [0, 0.1) is 0 Å². The third-order valence-corrected chi connectivity index (χ3v) is 3.83. The number of hydrogen-bond acceptors (Lipinski definition) is 5. The van der Waals surface area contributed by atoms with E-state index in [2.05, 4.69) is 15.3 Å². The molecule has 0 bridgehead atoms. The predicted molar refractivity (Wildman–Crippen MR) is 72.0 cm³/mol. The third-order valence-electron chi connectivity index (χ3n) is 3.43. The van der Waals surface area contributed by atoms with Crippen LogP contribution in [0.2, 0.25) is 0 Å². The second kappa shape index (κ2) is 4.89. The van der Waals surface area contributed by atoms with Crippen LogP contribution >= 0.6 is 23.2 Å². The van der Waals surface area contributed by atoms with E-state index in [1.54, 1.807) is 6.21 Å². The minimum atomic E-state index is -1.18. The van der Waals surface area contributed by atoms with Gasteiger partial charge in [-0.05, 0) is 13.8 Å². The Bertz CT molecular complexity index is 403. The monoisotopic (exact) mass is 291 g/mol. The summed E-state index contributed by atoms with van der Waals surface area (Å²) in [5.74, 6) is -0.377. The Morgan fingerprint density at radius 3 is 2.61 bits per heavy atom. The number of nitrogens with one attached hydrogen (secondary N) is 1. The van der Waals surface area contributed by atoms with Crippen molar-refractivity contribution in [2.75, 3.05) is 13.3 Å². The van der Waals surface area contributed by atoms with Crippen LogP contribution in [0.1, 0.15) is 13.8 Å². The van der Waals surface area contributed by atoms with Crippen molar-refractivity contribution in [1.29, 1.82) is 0 Å². The van der Waals surface area contributed by atoms with Crippen LogP contribution in [0.4, 0.5) is 0 Å². The molecule has 2 aliphatic rings. The molecule has 5 nitrogen and oxygen atoms in total. The molecule has 0 aromatic heterocycles. The summed E-state index contributed by atoms with van der Waals surface area (Å²) in [6, 6.07) is 0. The van der Waals surface area contributed by atoms with E-state index < -0.39 is 22.0 Å². The highest BCUT2D eigenvalue weighted by molar-refractivity contribution is 6.54. The van der Waals surface area contributed by atoms with Crippen LogP contribution in [-0.4, -0.2) is 53.5 Å². The molecule has 0 radical (unpaired) electrons. The number of carbonyl (C=O) groups excluding carboxylic acids is 1. The van der Waals surface area contributed by atoms with Crippen molar-refractivity contribution in [2.24, 2.45) is 9.98 Å². The lowest BCUT2D eigenvalue weighted by Gasteiger charge is -2.44. The average Bonchev–Trinajstić information content (AvgIpc) is 2.81. The van der Waals surface area contributed by atoms with Crippen molar-refractivity contribution in [3.63, 3.8) is 0 Å². The standard InChI is InChI=1S/C11H15Cl2N3O2/c1-10(2)11(8(17)9(12)13,16-4-3-15-10)7-5-14-6-18-7/h3-4,7,9,14H,5-6H2,1-2H3. The van der Waals surface area contributed by atoms with Gasteiger partial charge in [0.05, 0.1) is 12.3 Å². The summed E-state index contributed by atoms with van der Waals surface area (Å²) >= 11 is 11.5. The van der Waals surface area contributed by atoms with Crippen LogP contribution < -0.4 is 5.32 Å². The van der Waals surface area contributed by atoms with Gasteiger partial charge in [-0.1, -0.05) is 23.2 Å². The number of ketones is 1. The summed E-state index contributed by atoms with van der Waals surface area (Å²) in [5.41, 5.74) is -1.93. The average molecular weight is 292 g/mol. The number of aliphatic imine (C=N–C) groups is 2. The second-order valence-electron chi connectivity index (χ2n) is 4.80. The molecule has 2 atom stereocenters.